The zero-order valence-electron chi connectivity index (χ0n) is 17.6. The van der Waals surface area contributed by atoms with E-state index in [2.05, 4.69) is 89.9 Å². The van der Waals surface area contributed by atoms with Crippen LogP contribution in [0.1, 0.15) is 49.5 Å². The highest BCUT2D eigenvalue weighted by Crippen LogP contribution is 2.24. The van der Waals surface area contributed by atoms with Gasteiger partial charge in [-0.1, -0.05) is 81.4 Å². The Morgan fingerprint density at radius 2 is 1.55 bits per heavy atom. The fraction of sp³-hybridized carbons (Fsp3) is 0.333. The zero-order chi connectivity index (χ0) is 20.7. The molecule has 2 N–H and O–H groups in total. The molecule has 0 saturated heterocycles. The molecule has 152 valence electrons. The van der Waals surface area contributed by atoms with Crippen molar-refractivity contribution in [1.29, 1.82) is 0 Å². The molecule has 0 aliphatic carbocycles. The van der Waals surface area contributed by atoms with Crippen LogP contribution in [-0.4, -0.2) is 24.5 Å². The smallest absolute Gasteiger partial charge is 0.213 e. The molecule has 0 radical (unpaired) electrons. The molecule has 3 aromatic rings. The van der Waals surface area contributed by atoms with E-state index in [1.54, 1.807) is 13.2 Å². The van der Waals surface area contributed by atoms with Gasteiger partial charge in [0.25, 0.3) is 0 Å². The van der Waals surface area contributed by atoms with E-state index in [-0.39, 0.29) is 11.3 Å². The Morgan fingerprint density at radius 1 is 0.966 bits per heavy atom. The first-order chi connectivity index (χ1) is 14.0. The molecule has 0 aliphatic heterocycles. The monoisotopic (exact) mass is 390 g/mol. The van der Waals surface area contributed by atoms with Crippen molar-refractivity contribution in [3.63, 3.8) is 0 Å². The fourth-order valence-electron chi connectivity index (χ4n) is 3.12. The van der Waals surface area contributed by atoms with Crippen LogP contribution in [0.4, 0.5) is 0 Å². The number of aromatic nitrogens is 1. The lowest BCUT2D eigenvalue weighted by Crippen LogP contribution is -2.39. The molecule has 5 heteroatoms. The number of oxazole rings is 1. The fourth-order valence-corrected chi connectivity index (χ4v) is 3.12. The van der Waals surface area contributed by atoms with E-state index in [0.29, 0.717) is 12.4 Å². The van der Waals surface area contributed by atoms with Gasteiger partial charge in [0, 0.05) is 24.9 Å². The maximum absolute atomic E-state index is 5.85. The highest BCUT2D eigenvalue weighted by Gasteiger charge is 2.19. The van der Waals surface area contributed by atoms with E-state index in [1.807, 2.05) is 12.1 Å². The van der Waals surface area contributed by atoms with Gasteiger partial charge in [0.1, 0.15) is 5.76 Å². The minimum absolute atomic E-state index is 0.0518. The minimum Gasteiger partial charge on any atom is -0.443 e. The van der Waals surface area contributed by atoms with Crippen molar-refractivity contribution in [2.75, 3.05) is 13.6 Å². The summed E-state index contributed by atoms with van der Waals surface area (Å²) in [4.78, 5) is 8.71. The maximum atomic E-state index is 5.85. The van der Waals surface area contributed by atoms with Gasteiger partial charge in [0.15, 0.2) is 5.96 Å². The van der Waals surface area contributed by atoms with E-state index in [1.165, 1.54) is 11.1 Å². The van der Waals surface area contributed by atoms with Gasteiger partial charge in [-0.3, -0.25) is 4.99 Å². The number of nitrogens with zero attached hydrogens (tertiary/aromatic N) is 2. The van der Waals surface area contributed by atoms with E-state index in [9.17, 15) is 0 Å². The van der Waals surface area contributed by atoms with Crippen molar-refractivity contribution in [2.24, 2.45) is 4.99 Å². The molecule has 0 fully saturated rings. The third-order valence-corrected chi connectivity index (χ3v) is 4.80. The van der Waals surface area contributed by atoms with Gasteiger partial charge in [0.2, 0.25) is 5.89 Å². The molecular formula is C24H30N4O. The van der Waals surface area contributed by atoms with Gasteiger partial charge in [-0.15, -0.1) is 0 Å². The van der Waals surface area contributed by atoms with Crippen molar-refractivity contribution >= 4 is 5.96 Å². The van der Waals surface area contributed by atoms with Crippen molar-refractivity contribution in [3.05, 3.63) is 89.6 Å². The lowest BCUT2D eigenvalue weighted by molar-refractivity contribution is 0.379. The molecule has 0 atom stereocenters. The average molecular weight is 391 g/mol. The predicted molar refractivity (Wildman–Crippen MR) is 118 cm³/mol. The number of aliphatic imine (C=N–C) groups is 1. The van der Waals surface area contributed by atoms with Crippen LogP contribution in [0.2, 0.25) is 0 Å². The second-order valence-corrected chi connectivity index (χ2v) is 8.05. The third kappa shape index (κ3) is 5.70. The molecule has 0 saturated carbocycles. The van der Waals surface area contributed by atoms with Crippen LogP contribution in [-0.2, 0) is 12.0 Å². The van der Waals surface area contributed by atoms with Crippen LogP contribution in [0, 0.1) is 0 Å². The number of nitrogens with one attached hydrogen (secondary N) is 2. The molecule has 0 spiro atoms. The number of hydrogen-bond acceptors (Lipinski definition) is 3. The average Bonchev–Trinajstić information content (AvgIpc) is 3.22. The van der Waals surface area contributed by atoms with E-state index in [0.717, 1.165) is 18.3 Å². The molecule has 29 heavy (non-hydrogen) atoms. The Morgan fingerprint density at radius 3 is 2.03 bits per heavy atom. The van der Waals surface area contributed by atoms with Crippen molar-refractivity contribution in [1.82, 2.24) is 15.6 Å². The molecule has 0 unspecified atom stereocenters. The Balaban J connectivity index is 1.64. The third-order valence-electron chi connectivity index (χ3n) is 4.80. The molecule has 0 aliphatic rings. The molecule has 1 aromatic heterocycles. The largest absolute Gasteiger partial charge is 0.443 e. The van der Waals surface area contributed by atoms with Gasteiger partial charge in [0.05, 0.1) is 12.7 Å². The molecule has 3 rings (SSSR count). The Bertz CT molecular complexity index is 871. The number of hydrogen-bond donors (Lipinski definition) is 2. The lowest BCUT2D eigenvalue weighted by Gasteiger charge is -2.20. The van der Waals surface area contributed by atoms with Crippen LogP contribution >= 0.6 is 0 Å². The second-order valence-electron chi connectivity index (χ2n) is 8.05. The standard InChI is InChI=1S/C24H30N4O/c1-24(2,3)21-16-26-22(29-21)17-28-23(25-4)27-15-20(18-11-7-5-8-12-18)19-13-9-6-10-14-19/h5-14,16,20H,15,17H2,1-4H3,(H2,25,27,28). The summed E-state index contributed by atoms with van der Waals surface area (Å²) in [7, 11) is 1.77. The highest BCUT2D eigenvalue weighted by atomic mass is 16.4. The molecule has 0 amide bonds. The summed E-state index contributed by atoms with van der Waals surface area (Å²) in [6.07, 6.45) is 1.80. The first-order valence-electron chi connectivity index (χ1n) is 9.97. The van der Waals surface area contributed by atoms with Gasteiger partial charge in [-0.25, -0.2) is 4.98 Å². The summed E-state index contributed by atoms with van der Waals surface area (Å²) in [6.45, 7) is 7.54. The topological polar surface area (TPSA) is 62.5 Å². The normalized spacial score (nSPS) is 12.2. The molecule has 1 heterocycles. The van der Waals surface area contributed by atoms with Gasteiger partial charge >= 0.3 is 0 Å². The Hall–Kier alpha value is -3.08. The van der Waals surface area contributed by atoms with Crippen LogP contribution in [0.5, 0.6) is 0 Å². The molecule has 5 nitrogen and oxygen atoms in total. The zero-order valence-corrected chi connectivity index (χ0v) is 17.6. The predicted octanol–water partition coefficient (Wildman–Crippen LogP) is 4.47. The number of guanidine groups is 1. The summed E-state index contributed by atoms with van der Waals surface area (Å²) in [5, 5.41) is 6.73. The number of benzene rings is 2. The van der Waals surface area contributed by atoms with Crippen LogP contribution in [0.3, 0.4) is 0 Å². The van der Waals surface area contributed by atoms with Crippen molar-refractivity contribution in [2.45, 2.75) is 38.6 Å². The first kappa shape index (κ1) is 20.6. The van der Waals surface area contributed by atoms with Crippen molar-refractivity contribution in [3.8, 4) is 0 Å². The van der Waals surface area contributed by atoms with Crippen LogP contribution in [0.25, 0.3) is 0 Å². The minimum atomic E-state index is -0.0518. The summed E-state index contributed by atoms with van der Waals surface area (Å²) in [5.74, 6) is 2.48. The quantitative estimate of drug-likeness (QED) is 0.482. The van der Waals surface area contributed by atoms with E-state index < -0.39 is 0 Å². The molecular weight excluding hydrogens is 360 g/mol. The Kier molecular flexibility index (Phi) is 6.70. The van der Waals surface area contributed by atoms with E-state index in [4.69, 9.17) is 4.42 Å². The molecule has 0 bridgehead atoms. The number of rotatable bonds is 6. The van der Waals surface area contributed by atoms with Gasteiger partial charge in [-0.2, -0.15) is 0 Å². The van der Waals surface area contributed by atoms with Gasteiger partial charge in [-0.05, 0) is 11.1 Å². The Labute approximate surface area is 173 Å². The highest BCUT2D eigenvalue weighted by molar-refractivity contribution is 5.79. The summed E-state index contributed by atoms with van der Waals surface area (Å²) in [5.41, 5.74) is 2.48. The van der Waals surface area contributed by atoms with Crippen LogP contribution in [0.15, 0.2) is 76.3 Å². The summed E-state index contributed by atoms with van der Waals surface area (Å²) in [6, 6.07) is 21.0. The molecule has 2 aromatic carbocycles. The van der Waals surface area contributed by atoms with Crippen molar-refractivity contribution < 1.29 is 4.42 Å². The first-order valence-corrected chi connectivity index (χ1v) is 9.97. The summed E-state index contributed by atoms with van der Waals surface area (Å²) < 4.78 is 5.85. The van der Waals surface area contributed by atoms with E-state index >= 15 is 0 Å². The second kappa shape index (κ2) is 9.41. The van der Waals surface area contributed by atoms with Crippen LogP contribution < -0.4 is 10.6 Å². The lowest BCUT2D eigenvalue weighted by atomic mass is 9.91. The maximum Gasteiger partial charge on any atom is 0.213 e. The summed E-state index contributed by atoms with van der Waals surface area (Å²) >= 11 is 0. The van der Waals surface area contributed by atoms with Gasteiger partial charge < -0.3 is 15.1 Å². The SMILES string of the molecule is CN=C(NCc1ncc(C(C)(C)C)o1)NCC(c1ccccc1)c1ccccc1.